The minimum absolute atomic E-state index is 0.0524. The molecular weight excluding hydrogens is 419 g/mol. The molecule has 5 rings (SSSR count). The number of pyridine rings is 1. The Morgan fingerprint density at radius 1 is 1.12 bits per heavy atom. The summed E-state index contributed by atoms with van der Waals surface area (Å²) in [5.41, 5.74) is 5.63. The molecule has 1 N–H and O–H groups in total. The number of carbonyl (C=O) groups excluding carboxylic acids is 1. The minimum atomic E-state index is -0.268. The van der Waals surface area contributed by atoms with Crippen LogP contribution in [0.3, 0.4) is 0 Å². The van der Waals surface area contributed by atoms with Crippen LogP contribution < -0.4 is 5.32 Å². The van der Waals surface area contributed by atoms with Crippen molar-refractivity contribution in [3.63, 3.8) is 0 Å². The van der Waals surface area contributed by atoms with Crippen LogP contribution in [-0.2, 0) is 0 Å². The summed E-state index contributed by atoms with van der Waals surface area (Å²) in [6, 6.07) is 10.3. The Kier molecular flexibility index (Phi) is 5.50. The number of aromatic nitrogens is 4. The lowest BCUT2D eigenvalue weighted by molar-refractivity contribution is 0.0707. The van der Waals surface area contributed by atoms with Crippen molar-refractivity contribution < 1.29 is 9.18 Å². The zero-order valence-electron chi connectivity index (χ0n) is 18.6. The summed E-state index contributed by atoms with van der Waals surface area (Å²) in [6.45, 7) is 5.19. The molecule has 0 unspecified atom stereocenters. The van der Waals surface area contributed by atoms with E-state index in [-0.39, 0.29) is 17.6 Å². The van der Waals surface area contributed by atoms with Crippen molar-refractivity contribution >= 4 is 22.9 Å². The molecule has 0 aliphatic carbocycles. The number of nitrogens with zero attached hydrogens (tertiary/aromatic N) is 5. The van der Waals surface area contributed by atoms with Gasteiger partial charge in [0.25, 0.3) is 5.91 Å². The maximum atomic E-state index is 13.3. The van der Waals surface area contributed by atoms with Crippen LogP contribution in [-0.4, -0.2) is 43.5 Å². The molecule has 1 amide bonds. The van der Waals surface area contributed by atoms with Gasteiger partial charge in [-0.1, -0.05) is 0 Å². The molecule has 4 aromatic rings. The number of anilines is 2. The van der Waals surface area contributed by atoms with Crippen molar-refractivity contribution in [3.8, 4) is 0 Å². The summed E-state index contributed by atoms with van der Waals surface area (Å²) < 4.78 is 14.9. The summed E-state index contributed by atoms with van der Waals surface area (Å²) in [6.07, 6.45) is 7.08. The molecule has 33 heavy (non-hydrogen) atoms. The topological polar surface area (TPSA) is 75.4 Å². The second-order valence-electron chi connectivity index (χ2n) is 8.60. The van der Waals surface area contributed by atoms with Crippen molar-refractivity contribution in [3.05, 3.63) is 83.3 Å². The molecule has 7 nitrogen and oxygen atoms in total. The number of rotatable bonds is 4. The number of hydrogen-bond donors (Lipinski definition) is 1. The number of likely N-dealkylation sites (tertiary alicyclic amines) is 1. The predicted molar refractivity (Wildman–Crippen MR) is 124 cm³/mol. The van der Waals surface area contributed by atoms with Gasteiger partial charge >= 0.3 is 0 Å². The number of fused-ring (bicyclic) bond motifs is 1. The van der Waals surface area contributed by atoms with E-state index in [1.165, 1.54) is 12.1 Å². The van der Waals surface area contributed by atoms with Crippen molar-refractivity contribution in [1.82, 2.24) is 24.5 Å². The van der Waals surface area contributed by atoms with Crippen LogP contribution in [0.15, 0.2) is 55.0 Å². The summed E-state index contributed by atoms with van der Waals surface area (Å²) in [5.74, 6) is -0.188. The van der Waals surface area contributed by atoms with Gasteiger partial charge in [0.2, 0.25) is 0 Å². The van der Waals surface area contributed by atoms with E-state index >= 15 is 0 Å². The van der Waals surface area contributed by atoms with E-state index in [0.717, 1.165) is 41.2 Å². The highest BCUT2D eigenvalue weighted by Gasteiger charge is 2.28. The summed E-state index contributed by atoms with van der Waals surface area (Å²) in [7, 11) is 0. The number of nitrogens with one attached hydrogen (secondary N) is 1. The van der Waals surface area contributed by atoms with Crippen molar-refractivity contribution in [2.24, 2.45) is 0 Å². The molecule has 168 valence electrons. The van der Waals surface area contributed by atoms with Crippen LogP contribution in [0.5, 0.6) is 0 Å². The first-order chi connectivity index (χ1) is 16.0. The number of halogens is 1. The molecule has 1 saturated heterocycles. The number of benzene rings is 1. The van der Waals surface area contributed by atoms with Crippen LogP contribution in [0, 0.1) is 19.7 Å². The first kappa shape index (κ1) is 21.1. The summed E-state index contributed by atoms with van der Waals surface area (Å²) in [4.78, 5) is 24.4. The van der Waals surface area contributed by atoms with E-state index in [1.54, 1.807) is 29.0 Å². The highest BCUT2D eigenvalue weighted by Crippen LogP contribution is 2.30. The van der Waals surface area contributed by atoms with Gasteiger partial charge in [0, 0.05) is 54.2 Å². The standard InChI is InChI=1S/C25H25FN6O/c1-16-12-27-24-22(13-28-32(24)14-16)25(33)31-9-3-4-18(15-31)23-11-21(10-17(2)29-23)30-20-7-5-19(26)6-8-20/h5-8,10-14,18H,3-4,9,15H2,1-2H3,(H,29,30)/t18-/m0/s1. The summed E-state index contributed by atoms with van der Waals surface area (Å²) >= 11 is 0. The summed E-state index contributed by atoms with van der Waals surface area (Å²) in [5, 5.41) is 7.63. The van der Waals surface area contributed by atoms with E-state index in [0.29, 0.717) is 24.3 Å². The molecule has 1 aliphatic rings. The zero-order chi connectivity index (χ0) is 22.9. The number of piperidine rings is 1. The fourth-order valence-corrected chi connectivity index (χ4v) is 4.37. The van der Waals surface area contributed by atoms with Gasteiger partial charge in [0.05, 0.1) is 6.20 Å². The first-order valence-corrected chi connectivity index (χ1v) is 11.1. The molecule has 0 spiro atoms. The Labute approximate surface area is 191 Å². The maximum absolute atomic E-state index is 13.3. The normalized spacial score (nSPS) is 16.2. The van der Waals surface area contributed by atoms with Gasteiger partial charge < -0.3 is 10.2 Å². The monoisotopic (exact) mass is 444 g/mol. The molecule has 0 bridgehead atoms. The predicted octanol–water partition coefficient (Wildman–Crippen LogP) is 4.64. The Hall–Kier alpha value is -3.81. The fraction of sp³-hybridized carbons (Fsp3) is 0.280. The second kappa shape index (κ2) is 8.61. The van der Waals surface area contributed by atoms with Crippen molar-refractivity contribution in [2.45, 2.75) is 32.6 Å². The van der Waals surface area contributed by atoms with Gasteiger partial charge in [-0.3, -0.25) is 9.78 Å². The van der Waals surface area contributed by atoms with Gasteiger partial charge in [-0.25, -0.2) is 13.9 Å². The largest absolute Gasteiger partial charge is 0.355 e. The quantitative estimate of drug-likeness (QED) is 0.496. The third-order valence-electron chi connectivity index (χ3n) is 5.95. The van der Waals surface area contributed by atoms with Gasteiger partial charge in [0.1, 0.15) is 11.4 Å². The Morgan fingerprint density at radius 3 is 2.76 bits per heavy atom. The maximum Gasteiger partial charge on any atom is 0.259 e. The average Bonchev–Trinajstić information content (AvgIpc) is 3.23. The van der Waals surface area contributed by atoms with Gasteiger partial charge in [-0.15, -0.1) is 0 Å². The SMILES string of the molecule is Cc1cnc2c(C(=O)N3CCC[C@H](c4cc(Nc5ccc(F)cc5)cc(C)n4)C3)cnn2c1. The van der Waals surface area contributed by atoms with Crippen molar-refractivity contribution in [2.75, 3.05) is 18.4 Å². The highest BCUT2D eigenvalue weighted by molar-refractivity contribution is 5.99. The van der Waals surface area contributed by atoms with E-state index in [1.807, 2.05) is 37.1 Å². The lowest BCUT2D eigenvalue weighted by Crippen LogP contribution is -2.39. The van der Waals surface area contributed by atoms with Crippen LogP contribution in [0.1, 0.15) is 46.1 Å². The van der Waals surface area contributed by atoms with E-state index in [2.05, 4.69) is 15.4 Å². The molecular formula is C25H25FN6O. The third-order valence-corrected chi connectivity index (χ3v) is 5.95. The molecule has 4 heterocycles. The molecule has 0 saturated carbocycles. The number of carbonyl (C=O) groups is 1. The molecule has 3 aromatic heterocycles. The number of amides is 1. The minimum Gasteiger partial charge on any atom is -0.355 e. The number of hydrogen-bond acceptors (Lipinski definition) is 5. The highest BCUT2D eigenvalue weighted by atomic mass is 19.1. The van der Waals surface area contributed by atoms with Gasteiger partial charge in [-0.2, -0.15) is 5.10 Å². The first-order valence-electron chi connectivity index (χ1n) is 11.1. The van der Waals surface area contributed by atoms with E-state index in [9.17, 15) is 9.18 Å². The third kappa shape index (κ3) is 4.41. The molecule has 1 fully saturated rings. The van der Waals surface area contributed by atoms with Crippen LogP contribution >= 0.6 is 0 Å². The average molecular weight is 445 g/mol. The number of aryl methyl sites for hydroxylation is 2. The fourth-order valence-electron chi connectivity index (χ4n) is 4.37. The lowest BCUT2D eigenvalue weighted by atomic mass is 9.93. The molecule has 0 radical (unpaired) electrons. The molecule has 1 aliphatic heterocycles. The Morgan fingerprint density at radius 2 is 1.94 bits per heavy atom. The van der Waals surface area contributed by atoms with E-state index in [4.69, 9.17) is 4.98 Å². The zero-order valence-corrected chi connectivity index (χ0v) is 18.6. The molecule has 1 aromatic carbocycles. The van der Waals surface area contributed by atoms with Crippen LogP contribution in [0.25, 0.3) is 5.65 Å². The Bertz CT molecular complexity index is 1320. The van der Waals surface area contributed by atoms with Crippen LogP contribution in [0.2, 0.25) is 0 Å². The van der Waals surface area contributed by atoms with Gasteiger partial charge in [-0.05, 0) is 68.7 Å². The molecule has 1 atom stereocenters. The Balaban J connectivity index is 1.36. The van der Waals surface area contributed by atoms with Crippen LogP contribution in [0.4, 0.5) is 15.8 Å². The van der Waals surface area contributed by atoms with Gasteiger partial charge in [0.15, 0.2) is 5.65 Å². The second-order valence-corrected chi connectivity index (χ2v) is 8.60. The molecule has 8 heteroatoms. The van der Waals surface area contributed by atoms with E-state index < -0.39 is 0 Å². The lowest BCUT2D eigenvalue weighted by Gasteiger charge is -2.32. The smallest absolute Gasteiger partial charge is 0.259 e. The van der Waals surface area contributed by atoms with Crippen molar-refractivity contribution in [1.29, 1.82) is 0 Å².